The highest BCUT2D eigenvalue weighted by Gasteiger charge is 2.38. The Bertz CT molecular complexity index is 221. The molecule has 0 amide bonds. The largest absolute Gasteiger partial charge is 0.478 e. The fraction of sp³-hybridized carbons (Fsp3) is 0.667. The predicted octanol–water partition coefficient (Wildman–Crippen LogP) is 1.70. The standard InChI is InChI=1S/C9H18O4Si/c1-5-6-7-8(9(10)11)14(4,12-2)13-3/h7H,5-6H2,1-4H3,(H,10,11)/b8-7+. The lowest BCUT2D eigenvalue weighted by Gasteiger charge is -2.23. The van der Waals surface area contributed by atoms with Gasteiger partial charge in [0.25, 0.3) is 0 Å². The van der Waals surface area contributed by atoms with Crippen LogP contribution in [0.3, 0.4) is 0 Å². The summed E-state index contributed by atoms with van der Waals surface area (Å²) in [5.74, 6) is -0.948. The van der Waals surface area contributed by atoms with Crippen molar-refractivity contribution in [2.75, 3.05) is 14.2 Å². The first kappa shape index (κ1) is 13.3. The first-order chi connectivity index (χ1) is 6.51. The molecule has 0 aliphatic carbocycles. The van der Waals surface area contributed by atoms with Gasteiger partial charge in [0.15, 0.2) is 0 Å². The molecule has 5 heteroatoms. The summed E-state index contributed by atoms with van der Waals surface area (Å²) in [6.07, 6.45) is 3.34. The second-order valence-corrected chi connectivity index (χ2v) is 6.31. The zero-order valence-electron chi connectivity index (χ0n) is 9.16. The molecule has 0 aromatic heterocycles. The van der Waals surface area contributed by atoms with E-state index in [1.165, 1.54) is 14.2 Å². The van der Waals surface area contributed by atoms with Gasteiger partial charge in [-0.15, -0.1) is 0 Å². The van der Waals surface area contributed by atoms with E-state index in [-0.39, 0.29) is 5.20 Å². The molecule has 0 bridgehead atoms. The normalized spacial score (nSPS) is 13.0. The Morgan fingerprint density at radius 1 is 1.43 bits per heavy atom. The molecule has 14 heavy (non-hydrogen) atoms. The van der Waals surface area contributed by atoms with Gasteiger partial charge in [-0.1, -0.05) is 19.4 Å². The van der Waals surface area contributed by atoms with E-state index < -0.39 is 14.5 Å². The van der Waals surface area contributed by atoms with Crippen molar-refractivity contribution in [3.63, 3.8) is 0 Å². The maximum absolute atomic E-state index is 11.0. The summed E-state index contributed by atoms with van der Waals surface area (Å²) >= 11 is 0. The number of carboxylic acids is 1. The van der Waals surface area contributed by atoms with Gasteiger partial charge in [0, 0.05) is 14.2 Å². The predicted molar refractivity (Wildman–Crippen MR) is 56.3 cm³/mol. The molecule has 4 nitrogen and oxygen atoms in total. The fourth-order valence-electron chi connectivity index (χ4n) is 1.06. The van der Waals surface area contributed by atoms with Crippen LogP contribution in [0.1, 0.15) is 19.8 Å². The number of hydrogen-bond donors (Lipinski definition) is 1. The van der Waals surface area contributed by atoms with E-state index in [4.69, 9.17) is 14.0 Å². The van der Waals surface area contributed by atoms with Crippen molar-refractivity contribution in [1.82, 2.24) is 0 Å². The van der Waals surface area contributed by atoms with Crippen LogP contribution < -0.4 is 0 Å². The summed E-state index contributed by atoms with van der Waals surface area (Å²) in [5, 5.41) is 9.29. The Morgan fingerprint density at radius 3 is 2.21 bits per heavy atom. The van der Waals surface area contributed by atoms with Gasteiger partial charge in [-0.2, -0.15) is 0 Å². The van der Waals surface area contributed by atoms with Gasteiger partial charge >= 0.3 is 14.5 Å². The van der Waals surface area contributed by atoms with E-state index in [1.807, 2.05) is 6.92 Å². The van der Waals surface area contributed by atoms with Crippen LogP contribution in [-0.2, 0) is 13.6 Å². The molecule has 0 aliphatic heterocycles. The minimum absolute atomic E-state index is 0.282. The van der Waals surface area contributed by atoms with E-state index >= 15 is 0 Å². The first-order valence-electron chi connectivity index (χ1n) is 4.56. The molecule has 0 aliphatic rings. The Balaban J connectivity index is 4.88. The van der Waals surface area contributed by atoms with Crippen molar-refractivity contribution in [2.24, 2.45) is 0 Å². The van der Waals surface area contributed by atoms with Gasteiger partial charge < -0.3 is 14.0 Å². The van der Waals surface area contributed by atoms with Crippen molar-refractivity contribution in [2.45, 2.75) is 26.3 Å². The quantitative estimate of drug-likeness (QED) is 0.544. The van der Waals surface area contributed by atoms with Gasteiger partial charge in [0.2, 0.25) is 0 Å². The van der Waals surface area contributed by atoms with E-state index in [0.717, 1.165) is 12.8 Å². The van der Waals surface area contributed by atoms with E-state index in [0.29, 0.717) is 0 Å². The SMILES string of the molecule is CCC/C=C(\C(=O)O)[Si](C)(OC)OC. The van der Waals surface area contributed by atoms with Crippen LogP contribution >= 0.6 is 0 Å². The Kier molecular flexibility index (Phi) is 5.67. The van der Waals surface area contributed by atoms with Crippen LogP contribution in [0.15, 0.2) is 11.3 Å². The molecule has 0 rings (SSSR count). The lowest BCUT2D eigenvalue weighted by Crippen LogP contribution is -2.42. The molecular weight excluding hydrogens is 200 g/mol. The third-order valence-electron chi connectivity index (χ3n) is 2.14. The topological polar surface area (TPSA) is 55.8 Å². The zero-order chi connectivity index (χ0) is 11.2. The molecule has 0 unspecified atom stereocenters. The van der Waals surface area contributed by atoms with Crippen LogP contribution in [0.2, 0.25) is 6.55 Å². The van der Waals surface area contributed by atoms with E-state index in [2.05, 4.69) is 0 Å². The molecule has 0 saturated heterocycles. The molecule has 82 valence electrons. The first-order valence-corrected chi connectivity index (χ1v) is 6.87. The summed E-state index contributed by atoms with van der Waals surface area (Å²) < 4.78 is 10.4. The van der Waals surface area contributed by atoms with Crippen molar-refractivity contribution in [1.29, 1.82) is 0 Å². The third-order valence-corrected chi connectivity index (χ3v) is 5.09. The van der Waals surface area contributed by atoms with Crippen molar-refractivity contribution >= 4 is 14.5 Å². The molecule has 0 fully saturated rings. The highest BCUT2D eigenvalue weighted by atomic mass is 28.4. The molecule has 0 aromatic rings. The third kappa shape index (κ3) is 3.25. The number of rotatable bonds is 6. The maximum atomic E-state index is 11.0. The molecule has 1 N–H and O–H groups in total. The van der Waals surface area contributed by atoms with Crippen molar-refractivity contribution in [3.8, 4) is 0 Å². The average Bonchev–Trinajstić information content (AvgIpc) is 2.17. The molecular formula is C9H18O4Si. The number of carbonyl (C=O) groups is 1. The van der Waals surface area contributed by atoms with Crippen LogP contribution in [0.5, 0.6) is 0 Å². The lowest BCUT2D eigenvalue weighted by molar-refractivity contribution is -0.132. The summed E-state index contributed by atoms with van der Waals surface area (Å²) in [7, 11) is 0.304. The molecule has 0 aromatic carbocycles. The minimum atomic E-state index is -2.67. The zero-order valence-corrected chi connectivity index (χ0v) is 10.2. The number of unbranched alkanes of at least 4 members (excludes halogenated alkanes) is 1. The van der Waals surface area contributed by atoms with Crippen LogP contribution in [0.25, 0.3) is 0 Å². The van der Waals surface area contributed by atoms with Crippen LogP contribution in [-0.4, -0.2) is 33.9 Å². The van der Waals surface area contributed by atoms with E-state index in [1.54, 1.807) is 12.6 Å². The summed E-state index contributed by atoms with van der Waals surface area (Å²) in [6, 6.07) is 0. The van der Waals surface area contributed by atoms with Crippen LogP contribution in [0.4, 0.5) is 0 Å². The molecule has 0 spiro atoms. The highest BCUT2D eigenvalue weighted by Crippen LogP contribution is 2.17. The number of allylic oxidation sites excluding steroid dienone is 1. The van der Waals surface area contributed by atoms with Gasteiger partial charge in [-0.25, -0.2) is 4.79 Å². The number of aliphatic carboxylic acids is 1. The number of carboxylic acid groups (broad SMARTS) is 1. The summed E-state index contributed by atoms with van der Waals surface area (Å²) in [4.78, 5) is 11.0. The van der Waals surface area contributed by atoms with Crippen LogP contribution in [0, 0.1) is 0 Å². The molecule has 0 atom stereocenters. The molecule has 0 radical (unpaired) electrons. The maximum Gasteiger partial charge on any atom is 0.375 e. The monoisotopic (exact) mass is 218 g/mol. The van der Waals surface area contributed by atoms with Crippen molar-refractivity contribution < 1.29 is 18.8 Å². The van der Waals surface area contributed by atoms with Gasteiger partial charge in [0.05, 0.1) is 5.20 Å². The second kappa shape index (κ2) is 5.95. The molecule has 0 heterocycles. The van der Waals surface area contributed by atoms with Gasteiger partial charge in [0.1, 0.15) is 0 Å². The second-order valence-electron chi connectivity index (χ2n) is 3.07. The Labute approximate surface area is 85.8 Å². The minimum Gasteiger partial charge on any atom is -0.478 e. The number of hydrogen-bond acceptors (Lipinski definition) is 3. The average molecular weight is 218 g/mol. The van der Waals surface area contributed by atoms with Gasteiger partial charge in [-0.05, 0) is 13.0 Å². The summed E-state index contributed by atoms with van der Waals surface area (Å²) in [6.45, 7) is 3.72. The molecule has 0 saturated carbocycles. The Morgan fingerprint density at radius 2 is 1.93 bits per heavy atom. The summed E-state index contributed by atoms with van der Waals surface area (Å²) in [5.41, 5.74) is 0. The van der Waals surface area contributed by atoms with Gasteiger partial charge in [-0.3, -0.25) is 0 Å². The smallest absolute Gasteiger partial charge is 0.375 e. The Hall–Kier alpha value is -0.653. The van der Waals surface area contributed by atoms with Crippen molar-refractivity contribution in [3.05, 3.63) is 11.3 Å². The van der Waals surface area contributed by atoms with E-state index in [9.17, 15) is 4.79 Å². The lowest BCUT2D eigenvalue weighted by atomic mass is 10.3. The highest BCUT2D eigenvalue weighted by molar-refractivity contribution is 6.78. The fourth-order valence-corrected chi connectivity index (χ4v) is 2.57.